The van der Waals surface area contributed by atoms with Crippen LogP contribution in [0.5, 0.6) is 5.75 Å². The number of nitrogens with one attached hydrogen (secondary N) is 1. The lowest BCUT2D eigenvalue weighted by molar-refractivity contribution is 0.102. The third-order valence-corrected chi connectivity index (χ3v) is 2.77. The van der Waals surface area contributed by atoms with Crippen LogP contribution in [0.15, 0.2) is 36.7 Å². The summed E-state index contributed by atoms with van der Waals surface area (Å²) in [6, 6.07) is 9.85. The molecule has 1 aromatic carbocycles. The Labute approximate surface area is 121 Å². The SMILES string of the molecule is COc1cnccc1C(=O)Nc1ccc(C#N)c(C#N)c1. The molecule has 21 heavy (non-hydrogen) atoms. The van der Waals surface area contributed by atoms with Crippen LogP contribution >= 0.6 is 0 Å². The van der Waals surface area contributed by atoms with E-state index in [0.717, 1.165) is 0 Å². The van der Waals surface area contributed by atoms with Crippen molar-refractivity contribution in [3.05, 3.63) is 53.3 Å². The minimum atomic E-state index is -0.386. The van der Waals surface area contributed by atoms with Crippen LogP contribution < -0.4 is 10.1 Å². The van der Waals surface area contributed by atoms with E-state index in [-0.39, 0.29) is 17.0 Å². The van der Waals surface area contributed by atoms with Gasteiger partial charge in [-0.1, -0.05) is 0 Å². The Morgan fingerprint density at radius 1 is 1.24 bits per heavy atom. The van der Waals surface area contributed by atoms with Gasteiger partial charge in [0.1, 0.15) is 17.9 Å². The van der Waals surface area contributed by atoms with Gasteiger partial charge in [0, 0.05) is 11.9 Å². The summed E-state index contributed by atoms with van der Waals surface area (Å²) in [5.74, 6) is -0.0352. The number of amides is 1. The summed E-state index contributed by atoms with van der Waals surface area (Å²) in [5.41, 5.74) is 1.22. The van der Waals surface area contributed by atoms with Crippen molar-refractivity contribution in [3.8, 4) is 17.9 Å². The average molecular weight is 278 g/mol. The molecule has 1 heterocycles. The lowest BCUT2D eigenvalue weighted by Gasteiger charge is -2.09. The number of ether oxygens (including phenoxy) is 1. The highest BCUT2D eigenvalue weighted by Gasteiger charge is 2.13. The summed E-state index contributed by atoms with van der Waals surface area (Å²) in [7, 11) is 1.45. The number of nitriles is 2. The Balaban J connectivity index is 2.29. The minimum Gasteiger partial charge on any atom is -0.494 e. The van der Waals surface area contributed by atoms with E-state index in [0.29, 0.717) is 17.0 Å². The second-order valence-electron chi connectivity index (χ2n) is 4.01. The number of pyridine rings is 1. The van der Waals surface area contributed by atoms with E-state index in [1.54, 1.807) is 6.07 Å². The zero-order valence-electron chi connectivity index (χ0n) is 11.1. The third-order valence-electron chi connectivity index (χ3n) is 2.77. The summed E-state index contributed by atoms with van der Waals surface area (Å²) < 4.78 is 5.07. The molecule has 0 bridgehead atoms. The number of anilines is 1. The molecule has 1 N–H and O–H groups in total. The van der Waals surface area contributed by atoms with Gasteiger partial charge in [0.15, 0.2) is 0 Å². The molecule has 0 spiro atoms. The summed E-state index contributed by atoms with van der Waals surface area (Å²) in [6.07, 6.45) is 2.92. The monoisotopic (exact) mass is 278 g/mol. The van der Waals surface area contributed by atoms with Crippen LogP contribution in [0.25, 0.3) is 0 Å². The molecule has 102 valence electrons. The van der Waals surface area contributed by atoms with Crippen LogP contribution in [-0.2, 0) is 0 Å². The second kappa shape index (κ2) is 6.18. The van der Waals surface area contributed by atoms with E-state index in [2.05, 4.69) is 10.3 Å². The predicted octanol–water partition coefficient (Wildman–Crippen LogP) is 2.09. The van der Waals surface area contributed by atoms with Gasteiger partial charge in [0.05, 0.1) is 30.0 Å². The van der Waals surface area contributed by atoms with Crippen LogP contribution in [0.4, 0.5) is 5.69 Å². The number of hydrogen-bond donors (Lipinski definition) is 1. The summed E-state index contributed by atoms with van der Waals surface area (Å²) in [6.45, 7) is 0. The Morgan fingerprint density at radius 3 is 2.67 bits per heavy atom. The maximum Gasteiger partial charge on any atom is 0.259 e. The Kier molecular flexibility index (Phi) is 4.13. The fourth-order valence-corrected chi connectivity index (χ4v) is 1.74. The van der Waals surface area contributed by atoms with E-state index < -0.39 is 0 Å². The maximum absolute atomic E-state index is 12.2. The van der Waals surface area contributed by atoms with Crippen molar-refractivity contribution in [2.75, 3.05) is 12.4 Å². The number of benzene rings is 1. The fraction of sp³-hybridized carbons (Fsp3) is 0.0667. The van der Waals surface area contributed by atoms with E-state index >= 15 is 0 Å². The first-order valence-electron chi connectivity index (χ1n) is 5.93. The molecular formula is C15H10N4O2. The van der Waals surface area contributed by atoms with Crippen molar-refractivity contribution in [3.63, 3.8) is 0 Å². The lowest BCUT2D eigenvalue weighted by atomic mass is 10.1. The lowest BCUT2D eigenvalue weighted by Crippen LogP contribution is -2.13. The van der Waals surface area contributed by atoms with Crippen molar-refractivity contribution < 1.29 is 9.53 Å². The highest BCUT2D eigenvalue weighted by atomic mass is 16.5. The standard InChI is InChI=1S/C15H10N4O2/c1-21-14-9-18-5-4-13(14)15(20)19-12-3-2-10(7-16)11(6-12)8-17/h2-6,9H,1H3,(H,19,20). The van der Waals surface area contributed by atoms with Gasteiger partial charge in [-0.05, 0) is 24.3 Å². The molecular weight excluding hydrogens is 268 g/mol. The number of carbonyl (C=O) groups is 1. The Bertz CT molecular complexity index is 772. The average Bonchev–Trinajstić information content (AvgIpc) is 2.54. The smallest absolute Gasteiger partial charge is 0.259 e. The van der Waals surface area contributed by atoms with Gasteiger partial charge in [-0.15, -0.1) is 0 Å². The molecule has 6 heteroatoms. The first kappa shape index (κ1) is 14.0. The fourth-order valence-electron chi connectivity index (χ4n) is 1.74. The van der Waals surface area contributed by atoms with Crippen LogP contribution in [0.3, 0.4) is 0 Å². The maximum atomic E-state index is 12.2. The summed E-state index contributed by atoms with van der Waals surface area (Å²) in [4.78, 5) is 16.1. The van der Waals surface area contributed by atoms with Gasteiger partial charge in [0.25, 0.3) is 5.91 Å². The number of carbonyl (C=O) groups excluding carboxylic acids is 1. The van der Waals surface area contributed by atoms with Gasteiger partial charge in [0.2, 0.25) is 0 Å². The van der Waals surface area contributed by atoms with Crippen molar-refractivity contribution >= 4 is 11.6 Å². The molecule has 0 radical (unpaired) electrons. The van der Waals surface area contributed by atoms with E-state index in [9.17, 15) is 4.79 Å². The van der Waals surface area contributed by atoms with Crippen LogP contribution in [0.2, 0.25) is 0 Å². The second-order valence-corrected chi connectivity index (χ2v) is 4.01. The number of hydrogen-bond acceptors (Lipinski definition) is 5. The van der Waals surface area contributed by atoms with Gasteiger partial charge in [-0.3, -0.25) is 9.78 Å². The normalized spacial score (nSPS) is 9.29. The molecule has 1 aromatic heterocycles. The molecule has 0 unspecified atom stereocenters. The van der Waals surface area contributed by atoms with E-state index in [1.807, 2.05) is 12.1 Å². The molecule has 2 aromatic rings. The van der Waals surface area contributed by atoms with Crippen molar-refractivity contribution in [1.29, 1.82) is 10.5 Å². The molecule has 0 aliphatic heterocycles. The molecule has 0 aliphatic carbocycles. The van der Waals surface area contributed by atoms with Crippen molar-refractivity contribution in [2.45, 2.75) is 0 Å². The van der Waals surface area contributed by atoms with Crippen molar-refractivity contribution in [1.82, 2.24) is 4.98 Å². The largest absolute Gasteiger partial charge is 0.494 e. The highest BCUT2D eigenvalue weighted by molar-refractivity contribution is 6.06. The van der Waals surface area contributed by atoms with Gasteiger partial charge >= 0.3 is 0 Å². The molecule has 0 saturated carbocycles. The van der Waals surface area contributed by atoms with Crippen LogP contribution in [-0.4, -0.2) is 18.0 Å². The Morgan fingerprint density at radius 2 is 2.00 bits per heavy atom. The molecule has 2 rings (SSSR count). The van der Waals surface area contributed by atoms with Crippen LogP contribution in [0, 0.1) is 22.7 Å². The molecule has 0 fully saturated rings. The number of aromatic nitrogens is 1. The van der Waals surface area contributed by atoms with Crippen LogP contribution in [0.1, 0.15) is 21.5 Å². The predicted molar refractivity (Wildman–Crippen MR) is 74.6 cm³/mol. The van der Waals surface area contributed by atoms with E-state index in [4.69, 9.17) is 15.3 Å². The quantitative estimate of drug-likeness (QED) is 0.926. The Hall–Kier alpha value is -3.38. The molecule has 0 saturated heterocycles. The van der Waals surface area contributed by atoms with Crippen molar-refractivity contribution in [2.24, 2.45) is 0 Å². The minimum absolute atomic E-state index is 0.206. The molecule has 0 aliphatic rings. The zero-order chi connectivity index (χ0) is 15.2. The molecule has 0 atom stereocenters. The summed E-state index contributed by atoms with van der Waals surface area (Å²) >= 11 is 0. The number of methoxy groups -OCH3 is 1. The zero-order valence-corrected chi connectivity index (χ0v) is 11.1. The topological polar surface area (TPSA) is 98.8 Å². The molecule has 6 nitrogen and oxygen atoms in total. The van der Waals surface area contributed by atoms with E-state index in [1.165, 1.54) is 37.7 Å². The van der Waals surface area contributed by atoms with Gasteiger partial charge < -0.3 is 10.1 Å². The first-order chi connectivity index (χ1) is 10.2. The number of rotatable bonds is 3. The first-order valence-corrected chi connectivity index (χ1v) is 5.93. The third kappa shape index (κ3) is 2.96. The van der Waals surface area contributed by atoms with Gasteiger partial charge in [-0.2, -0.15) is 10.5 Å². The molecule has 1 amide bonds. The summed E-state index contributed by atoms with van der Waals surface area (Å²) in [5, 5.41) is 20.5. The highest BCUT2D eigenvalue weighted by Crippen LogP contribution is 2.19. The van der Waals surface area contributed by atoms with Gasteiger partial charge in [-0.25, -0.2) is 0 Å². The number of nitrogens with zero attached hydrogens (tertiary/aromatic N) is 3.